The van der Waals surface area contributed by atoms with E-state index in [-0.39, 0.29) is 0 Å². The number of nitrogens with zero attached hydrogens (tertiary/aromatic N) is 2. The van der Waals surface area contributed by atoms with Crippen LogP contribution >= 0.6 is 27.3 Å². The van der Waals surface area contributed by atoms with Gasteiger partial charge in [0.1, 0.15) is 4.60 Å². The van der Waals surface area contributed by atoms with Gasteiger partial charge < -0.3 is 5.32 Å². The first-order valence-electron chi connectivity index (χ1n) is 4.62. The fourth-order valence-corrected chi connectivity index (χ4v) is 2.40. The lowest BCUT2D eigenvalue weighted by Crippen LogP contribution is -1.89. The van der Waals surface area contributed by atoms with Crippen LogP contribution in [0.3, 0.4) is 0 Å². The largest absolute Gasteiger partial charge is 0.332 e. The van der Waals surface area contributed by atoms with Crippen molar-refractivity contribution >= 4 is 38.1 Å². The lowest BCUT2D eigenvalue weighted by Gasteiger charge is -2.02. The third kappa shape index (κ3) is 2.81. The summed E-state index contributed by atoms with van der Waals surface area (Å²) in [6.07, 6.45) is 0.448. The second-order valence-electron chi connectivity index (χ2n) is 3.13. The molecule has 0 aliphatic heterocycles. The molecule has 0 aliphatic rings. The number of aromatic nitrogens is 1. The number of rotatable bonds is 3. The van der Waals surface area contributed by atoms with E-state index in [1.165, 1.54) is 11.3 Å². The van der Waals surface area contributed by atoms with Crippen molar-refractivity contribution in [2.45, 2.75) is 6.42 Å². The molecule has 2 rings (SSSR count). The number of nitrogens with one attached hydrogen (secondary N) is 1. The van der Waals surface area contributed by atoms with Gasteiger partial charge in [-0.05, 0) is 33.6 Å². The summed E-state index contributed by atoms with van der Waals surface area (Å²) >= 11 is 4.84. The Bertz CT molecular complexity index is 513. The van der Waals surface area contributed by atoms with Gasteiger partial charge in [-0.3, -0.25) is 0 Å². The van der Waals surface area contributed by atoms with Crippen LogP contribution in [0.25, 0.3) is 0 Å². The average molecular weight is 294 g/mol. The molecule has 0 saturated carbocycles. The highest BCUT2D eigenvalue weighted by atomic mass is 79.9. The summed E-state index contributed by atoms with van der Waals surface area (Å²) in [6.45, 7) is 0. The van der Waals surface area contributed by atoms with Crippen LogP contribution in [0.1, 0.15) is 5.56 Å². The van der Waals surface area contributed by atoms with Crippen LogP contribution in [-0.2, 0) is 6.42 Å². The van der Waals surface area contributed by atoms with Gasteiger partial charge in [-0.1, -0.05) is 12.1 Å². The minimum atomic E-state index is 0.448. The standard InChI is InChI=1S/C11H8BrN3S/c12-10-7-16-11(15-10)14-9-3-1-8(2-4-9)5-6-13/h1-4,7H,5H2,(H,14,15). The summed E-state index contributed by atoms with van der Waals surface area (Å²) in [5.41, 5.74) is 2.00. The van der Waals surface area contributed by atoms with Gasteiger partial charge in [-0.25, -0.2) is 4.98 Å². The molecule has 0 atom stereocenters. The molecule has 0 radical (unpaired) electrons. The van der Waals surface area contributed by atoms with E-state index < -0.39 is 0 Å². The zero-order valence-corrected chi connectivity index (χ0v) is 10.7. The molecule has 16 heavy (non-hydrogen) atoms. The highest BCUT2D eigenvalue weighted by Gasteiger charge is 1.99. The lowest BCUT2D eigenvalue weighted by molar-refractivity contribution is 1.26. The molecule has 1 aromatic heterocycles. The fraction of sp³-hybridized carbons (Fsp3) is 0.0909. The van der Waals surface area contributed by atoms with Crippen LogP contribution < -0.4 is 5.32 Å². The molecule has 0 spiro atoms. The molecule has 0 saturated heterocycles. The summed E-state index contributed by atoms with van der Waals surface area (Å²) in [5.74, 6) is 0. The van der Waals surface area contributed by atoms with Crippen LogP contribution in [0.15, 0.2) is 34.2 Å². The lowest BCUT2D eigenvalue weighted by atomic mass is 10.1. The highest BCUT2D eigenvalue weighted by molar-refractivity contribution is 9.10. The van der Waals surface area contributed by atoms with Crippen LogP contribution in [0, 0.1) is 11.3 Å². The van der Waals surface area contributed by atoms with Gasteiger partial charge in [0.15, 0.2) is 5.13 Å². The predicted octanol–water partition coefficient (Wildman–Crippen LogP) is 3.72. The molecular formula is C11H8BrN3S. The number of thiazole rings is 1. The van der Waals surface area contributed by atoms with E-state index in [0.29, 0.717) is 6.42 Å². The topological polar surface area (TPSA) is 48.7 Å². The minimum absolute atomic E-state index is 0.448. The summed E-state index contributed by atoms with van der Waals surface area (Å²) in [6, 6.07) is 9.89. The Hall–Kier alpha value is -1.38. The maximum Gasteiger partial charge on any atom is 0.188 e. The Kier molecular flexibility index (Phi) is 3.54. The third-order valence-electron chi connectivity index (χ3n) is 1.96. The van der Waals surface area contributed by atoms with Crippen LogP contribution in [0.2, 0.25) is 0 Å². The van der Waals surface area contributed by atoms with Gasteiger partial charge in [-0.15, -0.1) is 11.3 Å². The number of hydrogen-bond acceptors (Lipinski definition) is 4. The monoisotopic (exact) mass is 293 g/mol. The molecule has 1 aromatic carbocycles. The number of hydrogen-bond donors (Lipinski definition) is 1. The number of benzene rings is 1. The Labute approximate surface area is 106 Å². The normalized spacial score (nSPS) is 9.75. The van der Waals surface area contributed by atoms with Crippen LogP contribution in [0.5, 0.6) is 0 Å². The van der Waals surface area contributed by atoms with Crippen molar-refractivity contribution in [3.8, 4) is 6.07 Å². The number of anilines is 2. The molecule has 0 amide bonds. The van der Waals surface area contributed by atoms with Crippen molar-refractivity contribution in [2.24, 2.45) is 0 Å². The van der Waals surface area contributed by atoms with Gasteiger partial charge in [0.2, 0.25) is 0 Å². The highest BCUT2D eigenvalue weighted by Crippen LogP contribution is 2.23. The zero-order chi connectivity index (χ0) is 11.4. The van der Waals surface area contributed by atoms with Gasteiger partial charge in [0.05, 0.1) is 12.5 Å². The molecule has 3 nitrogen and oxygen atoms in total. The second kappa shape index (κ2) is 5.10. The SMILES string of the molecule is N#CCc1ccc(Nc2nc(Br)cs2)cc1. The van der Waals surface area contributed by atoms with Gasteiger partial charge in [-0.2, -0.15) is 5.26 Å². The van der Waals surface area contributed by atoms with Crippen molar-refractivity contribution in [3.05, 3.63) is 39.8 Å². The Morgan fingerprint density at radius 2 is 2.12 bits per heavy atom. The summed E-state index contributed by atoms with van der Waals surface area (Å²) in [5, 5.41) is 14.5. The van der Waals surface area contributed by atoms with E-state index in [9.17, 15) is 0 Å². The second-order valence-corrected chi connectivity index (χ2v) is 4.80. The predicted molar refractivity (Wildman–Crippen MR) is 68.9 cm³/mol. The molecule has 1 N–H and O–H groups in total. The van der Waals surface area contributed by atoms with Crippen molar-refractivity contribution in [1.29, 1.82) is 5.26 Å². The van der Waals surface area contributed by atoms with Crippen LogP contribution in [-0.4, -0.2) is 4.98 Å². The van der Waals surface area contributed by atoms with Gasteiger partial charge in [0.25, 0.3) is 0 Å². The first kappa shape index (κ1) is 11.1. The Morgan fingerprint density at radius 3 is 2.69 bits per heavy atom. The third-order valence-corrected chi connectivity index (χ3v) is 3.43. The molecule has 0 aliphatic carbocycles. The molecule has 80 valence electrons. The van der Waals surface area contributed by atoms with E-state index in [2.05, 4.69) is 32.3 Å². The smallest absolute Gasteiger partial charge is 0.188 e. The number of nitriles is 1. The van der Waals surface area contributed by atoms with E-state index in [0.717, 1.165) is 21.0 Å². The molecule has 0 fully saturated rings. The van der Waals surface area contributed by atoms with Crippen molar-refractivity contribution in [2.75, 3.05) is 5.32 Å². The van der Waals surface area contributed by atoms with E-state index in [1.807, 2.05) is 29.6 Å². The van der Waals surface area contributed by atoms with E-state index >= 15 is 0 Å². The Morgan fingerprint density at radius 1 is 1.38 bits per heavy atom. The summed E-state index contributed by atoms with van der Waals surface area (Å²) < 4.78 is 0.834. The van der Waals surface area contributed by atoms with Gasteiger partial charge in [0, 0.05) is 11.1 Å². The fourth-order valence-electron chi connectivity index (χ4n) is 1.23. The Balaban J connectivity index is 2.08. The summed E-state index contributed by atoms with van der Waals surface area (Å²) in [4.78, 5) is 4.24. The van der Waals surface area contributed by atoms with Crippen molar-refractivity contribution in [3.63, 3.8) is 0 Å². The average Bonchev–Trinajstić information content (AvgIpc) is 2.67. The van der Waals surface area contributed by atoms with E-state index in [1.54, 1.807) is 0 Å². The van der Waals surface area contributed by atoms with Crippen molar-refractivity contribution < 1.29 is 0 Å². The molecule has 2 aromatic rings. The molecule has 0 bridgehead atoms. The maximum absolute atomic E-state index is 8.55. The minimum Gasteiger partial charge on any atom is -0.332 e. The summed E-state index contributed by atoms with van der Waals surface area (Å²) in [7, 11) is 0. The first-order chi connectivity index (χ1) is 7.78. The van der Waals surface area contributed by atoms with Gasteiger partial charge >= 0.3 is 0 Å². The van der Waals surface area contributed by atoms with E-state index in [4.69, 9.17) is 5.26 Å². The quantitative estimate of drug-likeness (QED) is 0.938. The molecule has 1 heterocycles. The molecule has 5 heteroatoms. The van der Waals surface area contributed by atoms with Crippen molar-refractivity contribution in [1.82, 2.24) is 4.98 Å². The first-order valence-corrected chi connectivity index (χ1v) is 6.29. The molecular weight excluding hydrogens is 286 g/mol. The number of halogens is 1. The molecule has 0 unspecified atom stereocenters. The maximum atomic E-state index is 8.55. The zero-order valence-electron chi connectivity index (χ0n) is 8.27. The van der Waals surface area contributed by atoms with Crippen LogP contribution in [0.4, 0.5) is 10.8 Å².